The van der Waals surface area contributed by atoms with Crippen LogP contribution >= 0.6 is 0 Å². The fourth-order valence-corrected chi connectivity index (χ4v) is 4.03. The highest BCUT2D eigenvalue weighted by molar-refractivity contribution is 5.75. The minimum Gasteiger partial charge on any atom is -0.480 e. The van der Waals surface area contributed by atoms with Crippen LogP contribution in [0.5, 0.6) is 0 Å². The van der Waals surface area contributed by atoms with Crippen molar-refractivity contribution in [1.29, 1.82) is 0 Å². The predicted molar refractivity (Wildman–Crippen MR) is 96.8 cm³/mol. The molecule has 1 aliphatic carbocycles. The second kappa shape index (κ2) is 8.07. The number of rotatable bonds is 6. The van der Waals surface area contributed by atoms with Gasteiger partial charge in [-0.3, -0.25) is 9.69 Å². The molecule has 0 spiro atoms. The Labute approximate surface area is 154 Å². The zero-order chi connectivity index (χ0) is 18.7. The van der Waals surface area contributed by atoms with Crippen LogP contribution in [0.3, 0.4) is 0 Å². The van der Waals surface area contributed by atoms with Crippen molar-refractivity contribution >= 4 is 12.0 Å². The molecule has 2 aliphatic rings. The molecule has 2 N–H and O–H groups in total. The number of likely N-dealkylation sites (tertiary alicyclic amines) is 1. The molecule has 0 radical (unpaired) electrons. The molecule has 2 atom stereocenters. The van der Waals surface area contributed by atoms with Crippen LogP contribution in [0.2, 0.25) is 0 Å². The fourth-order valence-electron chi connectivity index (χ4n) is 4.03. The number of aromatic nitrogens is 2. The Morgan fingerprint density at radius 3 is 2.77 bits per heavy atom. The molecule has 26 heavy (non-hydrogen) atoms. The molecule has 1 aromatic rings. The van der Waals surface area contributed by atoms with E-state index in [1.807, 2.05) is 29.2 Å². The van der Waals surface area contributed by atoms with Gasteiger partial charge in [0.15, 0.2) is 0 Å². The number of urea groups is 1. The van der Waals surface area contributed by atoms with Crippen LogP contribution in [-0.4, -0.2) is 74.7 Å². The normalized spacial score (nSPS) is 28.7. The largest absolute Gasteiger partial charge is 0.480 e. The van der Waals surface area contributed by atoms with E-state index in [1.54, 1.807) is 6.20 Å². The zero-order valence-corrected chi connectivity index (χ0v) is 15.5. The molecule has 144 valence electrons. The van der Waals surface area contributed by atoms with Gasteiger partial charge < -0.3 is 19.9 Å². The number of carboxylic acid groups (broad SMARTS) is 1. The van der Waals surface area contributed by atoms with Crippen molar-refractivity contribution in [2.75, 3.05) is 26.2 Å². The number of carboxylic acids is 1. The van der Waals surface area contributed by atoms with Crippen LogP contribution in [-0.2, 0) is 4.79 Å². The van der Waals surface area contributed by atoms with E-state index in [4.69, 9.17) is 5.11 Å². The van der Waals surface area contributed by atoms with E-state index in [2.05, 4.69) is 21.8 Å². The first kappa shape index (κ1) is 18.7. The SMILES string of the molecule is CCN(CC(=O)O)C1CC(NC(=O)N2CCC(C)C(n3ccnc3)C2)C1. The monoisotopic (exact) mass is 363 g/mol. The summed E-state index contributed by atoms with van der Waals surface area (Å²) in [7, 11) is 0. The molecule has 1 aliphatic heterocycles. The van der Waals surface area contributed by atoms with E-state index in [1.165, 1.54) is 0 Å². The number of carbonyl (C=O) groups excluding carboxylic acids is 1. The lowest BCUT2D eigenvalue weighted by molar-refractivity contribution is -0.139. The van der Waals surface area contributed by atoms with Crippen molar-refractivity contribution in [1.82, 2.24) is 24.7 Å². The highest BCUT2D eigenvalue weighted by Gasteiger charge is 2.36. The lowest BCUT2D eigenvalue weighted by Crippen LogP contribution is -2.58. The van der Waals surface area contributed by atoms with Crippen LogP contribution in [0.4, 0.5) is 4.79 Å². The molecule has 2 fully saturated rings. The van der Waals surface area contributed by atoms with Crippen LogP contribution < -0.4 is 5.32 Å². The van der Waals surface area contributed by atoms with Crippen LogP contribution in [0.1, 0.15) is 39.2 Å². The second-order valence-corrected chi connectivity index (χ2v) is 7.52. The molecular formula is C18H29N5O3. The van der Waals surface area contributed by atoms with Crippen molar-refractivity contribution in [3.8, 4) is 0 Å². The number of nitrogens with one attached hydrogen (secondary N) is 1. The zero-order valence-electron chi connectivity index (χ0n) is 15.5. The van der Waals surface area contributed by atoms with Gasteiger partial charge >= 0.3 is 12.0 Å². The van der Waals surface area contributed by atoms with Gasteiger partial charge in [0.2, 0.25) is 0 Å². The minimum absolute atomic E-state index is 0.00764. The van der Waals surface area contributed by atoms with Crippen molar-refractivity contribution in [3.05, 3.63) is 18.7 Å². The summed E-state index contributed by atoms with van der Waals surface area (Å²) in [6.07, 6.45) is 8.18. The molecule has 3 rings (SSSR count). The van der Waals surface area contributed by atoms with Crippen molar-refractivity contribution in [3.63, 3.8) is 0 Å². The average molecular weight is 363 g/mol. The highest BCUT2D eigenvalue weighted by Crippen LogP contribution is 2.29. The van der Waals surface area contributed by atoms with Gasteiger partial charge in [-0.05, 0) is 31.7 Å². The number of piperidine rings is 1. The molecule has 2 amide bonds. The molecule has 1 saturated carbocycles. The summed E-state index contributed by atoms with van der Waals surface area (Å²) >= 11 is 0. The molecule has 1 saturated heterocycles. The summed E-state index contributed by atoms with van der Waals surface area (Å²) in [5, 5.41) is 12.1. The lowest BCUT2D eigenvalue weighted by atomic mass is 9.85. The van der Waals surface area contributed by atoms with E-state index in [9.17, 15) is 9.59 Å². The summed E-state index contributed by atoms with van der Waals surface area (Å²) in [4.78, 5) is 31.5. The summed E-state index contributed by atoms with van der Waals surface area (Å²) < 4.78 is 2.09. The van der Waals surface area contributed by atoms with E-state index in [0.29, 0.717) is 19.0 Å². The summed E-state index contributed by atoms with van der Waals surface area (Å²) in [6.45, 7) is 6.44. The van der Waals surface area contributed by atoms with Gasteiger partial charge in [0.05, 0.1) is 18.9 Å². The molecule has 1 aromatic heterocycles. The van der Waals surface area contributed by atoms with Gasteiger partial charge in [-0.1, -0.05) is 13.8 Å². The number of likely N-dealkylation sites (N-methyl/N-ethyl adjacent to an activating group) is 1. The highest BCUT2D eigenvalue weighted by atomic mass is 16.4. The molecule has 2 heterocycles. The third-order valence-corrected chi connectivity index (χ3v) is 5.82. The first-order chi connectivity index (χ1) is 12.5. The summed E-state index contributed by atoms with van der Waals surface area (Å²) in [6, 6.07) is 0.645. The first-order valence-electron chi connectivity index (χ1n) is 9.46. The van der Waals surface area contributed by atoms with Gasteiger partial charge in [0.1, 0.15) is 0 Å². The maximum atomic E-state index is 12.6. The molecule has 0 bridgehead atoms. The smallest absolute Gasteiger partial charge is 0.317 e. The van der Waals surface area contributed by atoms with Gasteiger partial charge in [0.25, 0.3) is 0 Å². The topological polar surface area (TPSA) is 90.7 Å². The standard InChI is InChI=1S/C18H29N5O3/c1-3-21(11-17(24)25)15-8-14(9-15)20-18(26)22-6-4-13(2)16(10-22)23-7-5-19-12-23/h5,7,12-16H,3-4,6,8-11H2,1-2H3,(H,20,26)(H,24,25). The van der Waals surface area contributed by atoms with Gasteiger partial charge in [-0.2, -0.15) is 0 Å². The number of nitrogens with zero attached hydrogens (tertiary/aromatic N) is 4. The van der Waals surface area contributed by atoms with Crippen LogP contribution in [0.25, 0.3) is 0 Å². The fraction of sp³-hybridized carbons (Fsp3) is 0.722. The third kappa shape index (κ3) is 4.17. The molecule has 2 unspecified atom stereocenters. The Balaban J connectivity index is 1.48. The number of aliphatic carboxylic acids is 1. The van der Waals surface area contributed by atoms with E-state index >= 15 is 0 Å². The first-order valence-corrected chi connectivity index (χ1v) is 9.46. The average Bonchev–Trinajstić information content (AvgIpc) is 3.10. The van der Waals surface area contributed by atoms with E-state index in [0.717, 1.165) is 25.8 Å². The maximum absolute atomic E-state index is 12.6. The lowest BCUT2D eigenvalue weighted by Gasteiger charge is -2.44. The van der Waals surface area contributed by atoms with Crippen LogP contribution in [0, 0.1) is 5.92 Å². The maximum Gasteiger partial charge on any atom is 0.317 e. The minimum atomic E-state index is -0.799. The Morgan fingerprint density at radius 1 is 1.38 bits per heavy atom. The molecule has 8 nitrogen and oxygen atoms in total. The quantitative estimate of drug-likeness (QED) is 0.798. The van der Waals surface area contributed by atoms with Crippen LogP contribution in [0.15, 0.2) is 18.7 Å². The second-order valence-electron chi connectivity index (χ2n) is 7.52. The Hall–Kier alpha value is -2.09. The molecule has 8 heteroatoms. The van der Waals surface area contributed by atoms with E-state index in [-0.39, 0.29) is 30.7 Å². The van der Waals surface area contributed by atoms with Gasteiger partial charge in [-0.25, -0.2) is 9.78 Å². The number of carbonyl (C=O) groups is 2. The predicted octanol–water partition coefficient (Wildman–Crippen LogP) is 1.41. The molecular weight excluding hydrogens is 334 g/mol. The number of amides is 2. The van der Waals surface area contributed by atoms with E-state index < -0.39 is 5.97 Å². The Kier molecular flexibility index (Phi) is 5.80. The number of hydrogen-bond donors (Lipinski definition) is 2. The summed E-state index contributed by atoms with van der Waals surface area (Å²) in [5.41, 5.74) is 0. The number of imidazole rings is 1. The van der Waals surface area contributed by atoms with Crippen molar-refractivity contribution < 1.29 is 14.7 Å². The van der Waals surface area contributed by atoms with Gasteiger partial charge in [-0.15, -0.1) is 0 Å². The Morgan fingerprint density at radius 2 is 2.15 bits per heavy atom. The summed E-state index contributed by atoms with van der Waals surface area (Å²) in [5.74, 6) is -0.289. The van der Waals surface area contributed by atoms with Crippen molar-refractivity contribution in [2.24, 2.45) is 5.92 Å². The van der Waals surface area contributed by atoms with Gasteiger partial charge in [0, 0.05) is 37.6 Å². The number of hydrogen-bond acceptors (Lipinski definition) is 4. The Bertz CT molecular complexity index is 614. The van der Waals surface area contributed by atoms with Crippen molar-refractivity contribution in [2.45, 2.75) is 51.2 Å². The third-order valence-electron chi connectivity index (χ3n) is 5.82. The molecule has 0 aromatic carbocycles.